The van der Waals surface area contributed by atoms with E-state index in [4.69, 9.17) is 0 Å². The van der Waals surface area contributed by atoms with Gasteiger partial charge in [-0.1, -0.05) is 12.1 Å². The van der Waals surface area contributed by atoms with E-state index in [-0.39, 0.29) is 24.7 Å². The molecule has 2 aliphatic rings. The maximum atomic E-state index is 13.9. The first-order valence-corrected chi connectivity index (χ1v) is 9.83. The summed E-state index contributed by atoms with van der Waals surface area (Å²) in [5.41, 5.74) is 0.812. The number of pyridine rings is 1. The first-order valence-electron chi connectivity index (χ1n) is 9.83. The summed E-state index contributed by atoms with van der Waals surface area (Å²) < 4.78 is 13.9. The third-order valence-corrected chi connectivity index (χ3v) is 5.39. The second kappa shape index (κ2) is 8.58. The zero-order valence-corrected chi connectivity index (χ0v) is 16.3. The molecule has 2 N–H and O–H groups in total. The van der Waals surface area contributed by atoms with E-state index in [0.717, 1.165) is 16.9 Å². The highest BCUT2D eigenvalue weighted by atomic mass is 19.1. The van der Waals surface area contributed by atoms with Gasteiger partial charge in [0.2, 0.25) is 11.8 Å². The van der Waals surface area contributed by atoms with E-state index in [2.05, 4.69) is 15.6 Å². The van der Waals surface area contributed by atoms with Gasteiger partial charge in [-0.3, -0.25) is 19.5 Å². The van der Waals surface area contributed by atoms with Crippen LogP contribution in [0.25, 0.3) is 0 Å². The molecule has 30 heavy (non-hydrogen) atoms. The molecular weight excluding hydrogens is 389 g/mol. The van der Waals surface area contributed by atoms with Gasteiger partial charge in [0.05, 0.1) is 18.3 Å². The number of halogens is 1. The number of hydrogen-bond donors (Lipinski definition) is 2. The number of rotatable bonds is 5. The van der Waals surface area contributed by atoms with Gasteiger partial charge in [0.15, 0.2) is 0 Å². The Hall–Kier alpha value is -3.33. The van der Waals surface area contributed by atoms with Crippen molar-refractivity contribution in [1.82, 2.24) is 20.1 Å². The highest BCUT2D eigenvalue weighted by molar-refractivity contribution is 6.02. The molecule has 2 atom stereocenters. The molecule has 4 amide bonds. The van der Waals surface area contributed by atoms with Gasteiger partial charge in [-0.2, -0.15) is 0 Å². The number of nitrogens with zero attached hydrogens (tertiary/aromatic N) is 3. The molecule has 0 aliphatic carbocycles. The number of benzene rings is 1. The molecule has 0 saturated carbocycles. The van der Waals surface area contributed by atoms with Crippen LogP contribution < -0.4 is 10.6 Å². The first kappa shape index (κ1) is 20.0. The van der Waals surface area contributed by atoms with Crippen molar-refractivity contribution in [3.63, 3.8) is 0 Å². The van der Waals surface area contributed by atoms with E-state index < -0.39 is 29.8 Å². The largest absolute Gasteiger partial charge is 0.327 e. The molecule has 2 aromatic rings. The SMILES string of the molecule is O=C(CN1C(=O)N(Cc2ccncc2)C(=O)C2NCCCC21)Nc1ccccc1F. The zero-order chi connectivity index (χ0) is 21.1. The molecule has 2 unspecified atom stereocenters. The molecule has 0 radical (unpaired) electrons. The maximum absolute atomic E-state index is 13.9. The molecule has 8 nitrogen and oxygen atoms in total. The number of nitrogens with one attached hydrogen (secondary N) is 2. The number of piperidine rings is 1. The van der Waals surface area contributed by atoms with Gasteiger partial charge < -0.3 is 15.5 Å². The second-order valence-electron chi connectivity index (χ2n) is 7.36. The Labute approximate surface area is 173 Å². The third-order valence-electron chi connectivity index (χ3n) is 5.39. The van der Waals surface area contributed by atoms with Crippen molar-refractivity contribution in [1.29, 1.82) is 0 Å². The summed E-state index contributed by atoms with van der Waals surface area (Å²) in [6.07, 6.45) is 4.59. The summed E-state index contributed by atoms with van der Waals surface area (Å²) in [6, 6.07) is 7.80. The zero-order valence-electron chi connectivity index (χ0n) is 16.3. The van der Waals surface area contributed by atoms with Gasteiger partial charge in [-0.25, -0.2) is 9.18 Å². The molecule has 1 aromatic heterocycles. The number of hydrogen-bond acceptors (Lipinski definition) is 5. The number of carbonyl (C=O) groups excluding carboxylic acids is 3. The summed E-state index contributed by atoms with van der Waals surface area (Å²) in [7, 11) is 0. The highest BCUT2D eigenvalue weighted by Crippen LogP contribution is 2.26. The Kier molecular flexibility index (Phi) is 5.71. The minimum absolute atomic E-state index is 0.0509. The molecule has 1 aromatic carbocycles. The van der Waals surface area contributed by atoms with Gasteiger partial charge in [0.1, 0.15) is 18.4 Å². The quantitative estimate of drug-likeness (QED) is 0.782. The van der Waals surface area contributed by atoms with Crippen LogP contribution >= 0.6 is 0 Å². The van der Waals surface area contributed by atoms with Gasteiger partial charge in [0.25, 0.3) is 0 Å². The van der Waals surface area contributed by atoms with E-state index in [0.29, 0.717) is 13.0 Å². The lowest BCUT2D eigenvalue weighted by Gasteiger charge is -2.46. The summed E-state index contributed by atoms with van der Waals surface area (Å²) in [5, 5.41) is 5.69. The van der Waals surface area contributed by atoms with Crippen LogP contribution in [0.15, 0.2) is 48.8 Å². The summed E-state index contributed by atoms with van der Waals surface area (Å²) in [6.45, 7) is 0.492. The van der Waals surface area contributed by atoms with Crippen LogP contribution in [-0.4, -0.2) is 57.8 Å². The lowest BCUT2D eigenvalue weighted by atomic mass is 9.93. The Morgan fingerprint density at radius 2 is 1.97 bits per heavy atom. The molecule has 2 saturated heterocycles. The molecule has 2 aliphatic heterocycles. The third kappa shape index (κ3) is 4.02. The molecule has 9 heteroatoms. The predicted molar refractivity (Wildman–Crippen MR) is 107 cm³/mol. The normalized spacial score (nSPS) is 21.4. The fourth-order valence-corrected chi connectivity index (χ4v) is 3.93. The number of anilines is 1. The topological polar surface area (TPSA) is 94.6 Å². The molecule has 0 bridgehead atoms. The minimum Gasteiger partial charge on any atom is -0.322 e. The van der Waals surface area contributed by atoms with E-state index in [1.54, 1.807) is 30.6 Å². The van der Waals surface area contributed by atoms with Crippen molar-refractivity contribution >= 4 is 23.5 Å². The van der Waals surface area contributed by atoms with E-state index in [9.17, 15) is 18.8 Å². The number of urea groups is 1. The standard InChI is InChI=1S/C21H22FN5O3/c22-15-4-1-2-5-16(15)25-18(28)13-26-17-6-3-9-24-19(17)20(29)27(21(26)30)12-14-7-10-23-11-8-14/h1-2,4-5,7-8,10-11,17,19,24H,3,6,9,12-13H2,(H,25,28). The van der Waals surface area contributed by atoms with Gasteiger partial charge in [-0.15, -0.1) is 0 Å². The van der Waals surface area contributed by atoms with Crippen LogP contribution in [0.5, 0.6) is 0 Å². The molecule has 156 valence electrons. The smallest absolute Gasteiger partial charge is 0.322 e. The number of aromatic nitrogens is 1. The van der Waals surface area contributed by atoms with Crippen molar-refractivity contribution in [2.24, 2.45) is 0 Å². The Bertz CT molecular complexity index is 955. The molecule has 0 spiro atoms. The fourth-order valence-electron chi connectivity index (χ4n) is 3.93. The summed E-state index contributed by atoms with van der Waals surface area (Å²) >= 11 is 0. The van der Waals surface area contributed by atoms with Crippen LogP contribution in [0.3, 0.4) is 0 Å². The Morgan fingerprint density at radius 1 is 1.20 bits per heavy atom. The fraction of sp³-hybridized carbons (Fsp3) is 0.333. The molecule has 2 fully saturated rings. The number of carbonyl (C=O) groups is 3. The van der Waals surface area contributed by atoms with Crippen LogP contribution in [0, 0.1) is 5.82 Å². The van der Waals surface area contributed by atoms with Crippen LogP contribution in [0.4, 0.5) is 14.9 Å². The molecular formula is C21H22FN5O3. The number of fused-ring (bicyclic) bond motifs is 1. The predicted octanol–water partition coefficient (Wildman–Crippen LogP) is 1.74. The Balaban J connectivity index is 1.55. The van der Waals surface area contributed by atoms with Crippen LogP contribution in [0.1, 0.15) is 18.4 Å². The molecule has 4 rings (SSSR count). The lowest BCUT2D eigenvalue weighted by Crippen LogP contribution is -2.70. The summed E-state index contributed by atoms with van der Waals surface area (Å²) in [4.78, 5) is 45.3. The van der Waals surface area contributed by atoms with Crippen molar-refractivity contribution < 1.29 is 18.8 Å². The number of amides is 4. The number of para-hydroxylation sites is 1. The Morgan fingerprint density at radius 3 is 2.73 bits per heavy atom. The van der Waals surface area contributed by atoms with E-state index in [1.807, 2.05) is 0 Å². The second-order valence-corrected chi connectivity index (χ2v) is 7.36. The van der Waals surface area contributed by atoms with E-state index >= 15 is 0 Å². The van der Waals surface area contributed by atoms with Crippen molar-refractivity contribution in [3.8, 4) is 0 Å². The van der Waals surface area contributed by atoms with Crippen molar-refractivity contribution in [3.05, 3.63) is 60.2 Å². The minimum atomic E-state index is -0.570. The highest BCUT2D eigenvalue weighted by Gasteiger charge is 2.47. The summed E-state index contributed by atoms with van der Waals surface area (Å²) in [5.74, 6) is -1.37. The van der Waals surface area contributed by atoms with Gasteiger partial charge >= 0.3 is 6.03 Å². The number of imide groups is 1. The van der Waals surface area contributed by atoms with Crippen molar-refractivity contribution in [2.45, 2.75) is 31.5 Å². The van der Waals surface area contributed by atoms with E-state index in [1.165, 1.54) is 23.1 Å². The van der Waals surface area contributed by atoms with Crippen molar-refractivity contribution in [2.75, 3.05) is 18.4 Å². The van der Waals surface area contributed by atoms with Crippen LogP contribution in [-0.2, 0) is 16.1 Å². The van der Waals surface area contributed by atoms with Crippen LogP contribution in [0.2, 0.25) is 0 Å². The molecule has 3 heterocycles. The first-order chi connectivity index (χ1) is 14.5. The van der Waals surface area contributed by atoms with Gasteiger partial charge in [0, 0.05) is 12.4 Å². The monoisotopic (exact) mass is 411 g/mol. The maximum Gasteiger partial charge on any atom is 0.327 e. The average molecular weight is 411 g/mol. The lowest BCUT2D eigenvalue weighted by molar-refractivity contribution is -0.138. The average Bonchev–Trinajstić information content (AvgIpc) is 2.76. The van der Waals surface area contributed by atoms with Gasteiger partial charge in [-0.05, 0) is 49.2 Å².